The zero-order valence-electron chi connectivity index (χ0n) is 8.27. The van der Waals surface area contributed by atoms with Gasteiger partial charge in [0.15, 0.2) is 0 Å². The molecule has 16 heavy (non-hydrogen) atoms. The van der Waals surface area contributed by atoms with Gasteiger partial charge in [-0.2, -0.15) is 0 Å². The Morgan fingerprint density at radius 1 is 1.44 bits per heavy atom. The van der Waals surface area contributed by atoms with Gasteiger partial charge in [-0.3, -0.25) is 10.1 Å². The third-order valence-corrected chi connectivity index (χ3v) is 2.46. The molecule has 0 saturated carbocycles. The van der Waals surface area contributed by atoms with E-state index in [4.69, 9.17) is 11.6 Å². The number of fused-ring (bicyclic) bond motifs is 1. The van der Waals surface area contributed by atoms with Gasteiger partial charge in [-0.25, -0.2) is 4.98 Å². The molecular formula is C10H7ClN2O3. The first-order chi connectivity index (χ1) is 7.49. The molecule has 0 unspecified atom stereocenters. The van der Waals surface area contributed by atoms with Crippen molar-refractivity contribution in [2.24, 2.45) is 0 Å². The average Bonchev–Trinajstić information content (AvgIpc) is 2.19. The molecule has 0 radical (unpaired) electrons. The maximum absolute atomic E-state index is 10.6. The minimum Gasteiger partial charge on any atom is -0.505 e. The molecule has 0 amide bonds. The van der Waals surface area contributed by atoms with E-state index in [1.165, 1.54) is 6.07 Å². The normalized spacial score (nSPS) is 10.6. The van der Waals surface area contributed by atoms with E-state index in [0.717, 1.165) is 11.6 Å². The number of phenolic OH excluding ortho intramolecular Hbond substituents is 1. The molecule has 2 rings (SSSR count). The summed E-state index contributed by atoms with van der Waals surface area (Å²) in [5.41, 5.74) is 0.835. The fourth-order valence-corrected chi connectivity index (χ4v) is 1.77. The molecule has 1 aromatic heterocycles. The van der Waals surface area contributed by atoms with E-state index in [0.29, 0.717) is 5.39 Å². The van der Waals surface area contributed by atoms with Gasteiger partial charge < -0.3 is 5.11 Å². The van der Waals surface area contributed by atoms with Crippen molar-refractivity contribution in [1.82, 2.24) is 4.98 Å². The van der Waals surface area contributed by atoms with Crippen LogP contribution in [0, 0.1) is 17.0 Å². The number of pyridine rings is 1. The molecule has 2 aromatic rings. The van der Waals surface area contributed by atoms with Crippen LogP contribution in [0.15, 0.2) is 18.2 Å². The van der Waals surface area contributed by atoms with Gasteiger partial charge in [0, 0.05) is 11.5 Å². The monoisotopic (exact) mass is 238 g/mol. The van der Waals surface area contributed by atoms with Gasteiger partial charge in [-0.15, -0.1) is 0 Å². The van der Waals surface area contributed by atoms with Crippen molar-refractivity contribution >= 4 is 28.2 Å². The SMILES string of the molecule is Cc1cc(Cl)nc2c(O)cc([N+](=O)[O-])cc12. The molecule has 0 atom stereocenters. The van der Waals surface area contributed by atoms with Crippen LogP contribution in [0.4, 0.5) is 5.69 Å². The minimum absolute atomic E-state index is 0.169. The van der Waals surface area contributed by atoms with Gasteiger partial charge in [0.25, 0.3) is 5.69 Å². The number of aromatic hydroxyl groups is 1. The molecule has 0 spiro atoms. The quantitative estimate of drug-likeness (QED) is 0.471. The number of benzene rings is 1. The highest BCUT2D eigenvalue weighted by molar-refractivity contribution is 6.30. The van der Waals surface area contributed by atoms with Crippen LogP contribution in [-0.2, 0) is 0 Å². The third kappa shape index (κ3) is 1.65. The molecule has 0 saturated heterocycles. The van der Waals surface area contributed by atoms with Gasteiger partial charge in [0.05, 0.1) is 11.0 Å². The fourth-order valence-electron chi connectivity index (χ4n) is 1.52. The summed E-state index contributed by atoms with van der Waals surface area (Å²) >= 11 is 5.74. The first-order valence-electron chi connectivity index (χ1n) is 4.43. The molecule has 0 aliphatic rings. The summed E-state index contributed by atoms with van der Waals surface area (Å²) in [4.78, 5) is 14.0. The van der Waals surface area contributed by atoms with E-state index in [-0.39, 0.29) is 22.1 Å². The van der Waals surface area contributed by atoms with E-state index < -0.39 is 4.92 Å². The van der Waals surface area contributed by atoms with Gasteiger partial charge >= 0.3 is 0 Å². The van der Waals surface area contributed by atoms with Gasteiger partial charge in [0.2, 0.25) is 0 Å². The lowest BCUT2D eigenvalue weighted by Gasteiger charge is -2.04. The summed E-state index contributed by atoms with van der Waals surface area (Å²) in [5, 5.41) is 21.0. The molecule has 1 heterocycles. The van der Waals surface area contributed by atoms with Crippen LogP contribution in [0.5, 0.6) is 5.75 Å². The van der Waals surface area contributed by atoms with Crippen LogP contribution in [0.25, 0.3) is 10.9 Å². The summed E-state index contributed by atoms with van der Waals surface area (Å²) in [7, 11) is 0. The second-order valence-corrected chi connectivity index (χ2v) is 3.77. The second kappa shape index (κ2) is 3.61. The molecule has 0 bridgehead atoms. The largest absolute Gasteiger partial charge is 0.505 e. The number of nitro groups is 1. The van der Waals surface area contributed by atoms with Crippen LogP contribution in [-0.4, -0.2) is 15.0 Å². The molecule has 1 N–H and O–H groups in total. The number of hydrogen-bond acceptors (Lipinski definition) is 4. The van der Waals surface area contributed by atoms with Crippen LogP contribution in [0.3, 0.4) is 0 Å². The van der Waals surface area contributed by atoms with E-state index in [9.17, 15) is 15.2 Å². The predicted molar refractivity (Wildman–Crippen MR) is 59.8 cm³/mol. The Hall–Kier alpha value is -1.88. The Balaban J connectivity index is 2.87. The minimum atomic E-state index is -0.562. The molecule has 1 aromatic carbocycles. The van der Waals surface area contributed by atoms with E-state index in [2.05, 4.69) is 4.98 Å². The summed E-state index contributed by atoms with van der Waals surface area (Å²) in [6.45, 7) is 1.75. The topological polar surface area (TPSA) is 76.3 Å². The van der Waals surface area contributed by atoms with Crippen molar-refractivity contribution in [2.45, 2.75) is 6.92 Å². The summed E-state index contributed by atoms with van der Waals surface area (Å²) < 4.78 is 0. The van der Waals surface area contributed by atoms with Gasteiger partial charge in [-0.05, 0) is 18.6 Å². The third-order valence-electron chi connectivity index (χ3n) is 2.26. The molecule has 0 fully saturated rings. The zero-order valence-corrected chi connectivity index (χ0v) is 9.02. The van der Waals surface area contributed by atoms with Crippen LogP contribution >= 0.6 is 11.6 Å². The van der Waals surface area contributed by atoms with E-state index in [1.807, 2.05) is 0 Å². The number of aryl methyl sites for hydroxylation is 1. The molecule has 0 aliphatic carbocycles. The summed E-state index contributed by atoms with van der Waals surface area (Å²) in [6, 6.07) is 4.02. The lowest BCUT2D eigenvalue weighted by molar-refractivity contribution is -0.384. The zero-order chi connectivity index (χ0) is 11.9. The maximum Gasteiger partial charge on any atom is 0.273 e. The van der Waals surface area contributed by atoms with Crippen LogP contribution < -0.4 is 0 Å². The smallest absolute Gasteiger partial charge is 0.273 e. The standard InChI is InChI=1S/C10H7ClN2O3/c1-5-2-9(11)12-10-7(5)3-6(13(15)16)4-8(10)14/h2-4,14H,1H3. The molecule has 82 valence electrons. The van der Waals surface area contributed by atoms with E-state index >= 15 is 0 Å². The van der Waals surface area contributed by atoms with Crippen molar-refractivity contribution in [3.05, 3.63) is 39.0 Å². The number of phenols is 1. The Morgan fingerprint density at radius 3 is 2.75 bits per heavy atom. The van der Waals surface area contributed by atoms with Crippen molar-refractivity contribution in [3.8, 4) is 5.75 Å². The van der Waals surface area contributed by atoms with E-state index in [1.54, 1.807) is 13.0 Å². The maximum atomic E-state index is 10.6. The lowest BCUT2D eigenvalue weighted by Crippen LogP contribution is -1.91. The average molecular weight is 239 g/mol. The molecular weight excluding hydrogens is 232 g/mol. The number of nitro benzene ring substituents is 1. The number of nitrogens with zero attached hydrogens (tertiary/aromatic N) is 2. The summed E-state index contributed by atoms with van der Waals surface area (Å²) in [5.74, 6) is -0.241. The highest BCUT2D eigenvalue weighted by Crippen LogP contribution is 2.31. The number of aromatic nitrogens is 1. The Bertz CT molecular complexity index is 598. The Kier molecular flexibility index (Phi) is 2.40. The van der Waals surface area contributed by atoms with Crippen molar-refractivity contribution in [1.29, 1.82) is 0 Å². The van der Waals surface area contributed by atoms with Crippen LogP contribution in [0.2, 0.25) is 5.15 Å². The molecule has 5 nitrogen and oxygen atoms in total. The lowest BCUT2D eigenvalue weighted by atomic mass is 10.1. The highest BCUT2D eigenvalue weighted by atomic mass is 35.5. The van der Waals surface area contributed by atoms with Crippen molar-refractivity contribution in [2.75, 3.05) is 0 Å². The first-order valence-corrected chi connectivity index (χ1v) is 4.81. The van der Waals surface area contributed by atoms with Crippen molar-refractivity contribution < 1.29 is 10.0 Å². The Morgan fingerprint density at radius 2 is 2.12 bits per heavy atom. The number of halogens is 1. The predicted octanol–water partition coefficient (Wildman–Crippen LogP) is 2.81. The highest BCUT2D eigenvalue weighted by Gasteiger charge is 2.13. The first kappa shape index (κ1) is 10.6. The van der Waals surface area contributed by atoms with Gasteiger partial charge in [0.1, 0.15) is 16.4 Å². The Labute approximate surface area is 95.4 Å². The van der Waals surface area contributed by atoms with Crippen LogP contribution in [0.1, 0.15) is 5.56 Å². The second-order valence-electron chi connectivity index (χ2n) is 3.38. The van der Waals surface area contributed by atoms with Gasteiger partial charge in [-0.1, -0.05) is 11.6 Å². The summed E-state index contributed by atoms with van der Waals surface area (Å²) in [6.07, 6.45) is 0. The number of hydrogen-bond donors (Lipinski definition) is 1. The number of rotatable bonds is 1. The molecule has 0 aliphatic heterocycles. The fraction of sp³-hybridized carbons (Fsp3) is 0.100. The number of non-ortho nitro benzene ring substituents is 1. The van der Waals surface area contributed by atoms with Crippen molar-refractivity contribution in [3.63, 3.8) is 0 Å². The molecule has 6 heteroatoms.